The van der Waals surface area contributed by atoms with Gasteiger partial charge in [-0.2, -0.15) is 5.26 Å². The van der Waals surface area contributed by atoms with Crippen LogP contribution < -0.4 is 5.32 Å². The second kappa shape index (κ2) is 4.89. The van der Waals surface area contributed by atoms with Crippen LogP contribution in [0.2, 0.25) is 0 Å². The molecule has 2 amide bonds. The van der Waals surface area contributed by atoms with E-state index < -0.39 is 0 Å². The average molecular weight is 247 g/mol. The number of anilines is 1. The van der Waals surface area contributed by atoms with E-state index in [9.17, 15) is 9.59 Å². The summed E-state index contributed by atoms with van der Waals surface area (Å²) in [7, 11) is 0. The van der Waals surface area contributed by atoms with Crippen LogP contribution in [0.1, 0.15) is 5.56 Å². The van der Waals surface area contributed by atoms with E-state index in [0.29, 0.717) is 5.56 Å². The van der Waals surface area contributed by atoms with Gasteiger partial charge >= 0.3 is 0 Å². The number of rotatable bonds is 3. The maximum Gasteiger partial charge on any atom is 0.290 e. The van der Waals surface area contributed by atoms with E-state index in [2.05, 4.69) is 5.32 Å². The molecule has 6 heteroatoms. The molecular formula is C11H9N3O2S. The Bertz CT molecular complexity index is 476. The molecule has 0 bridgehead atoms. The van der Waals surface area contributed by atoms with Crippen LogP contribution in [-0.2, 0) is 4.79 Å². The number of amides is 2. The number of hydrogen-bond acceptors (Lipinski definition) is 5. The van der Waals surface area contributed by atoms with Crippen molar-refractivity contribution in [2.75, 3.05) is 17.7 Å². The molecular weight excluding hydrogens is 238 g/mol. The average Bonchev–Trinajstić information content (AvgIpc) is 2.67. The van der Waals surface area contributed by atoms with Crippen molar-refractivity contribution in [1.82, 2.24) is 4.90 Å². The Morgan fingerprint density at radius 1 is 1.35 bits per heavy atom. The third-order valence-electron chi connectivity index (χ3n) is 2.30. The van der Waals surface area contributed by atoms with Crippen LogP contribution in [0.3, 0.4) is 0 Å². The summed E-state index contributed by atoms with van der Waals surface area (Å²) >= 11 is 1.01. The summed E-state index contributed by atoms with van der Waals surface area (Å²) < 4.78 is 0. The maximum absolute atomic E-state index is 11.3. The third kappa shape index (κ3) is 2.57. The van der Waals surface area contributed by atoms with Gasteiger partial charge in [-0.05, 0) is 24.3 Å². The molecule has 1 aliphatic rings. The number of carbonyl (C=O) groups is 2. The topological polar surface area (TPSA) is 73.2 Å². The van der Waals surface area contributed by atoms with Gasteiger partial charge in [0.25, 0.3) is 5.24 Å². The minimum atomic E-state index is -0.226. The Kier molecular flexibility index (Phi) is 3.30. The Morgan fingerprint density at radius 3 is 2.59 bits per heavy atom. The molecule has 17 heavy (non-hydrogen) atoms. The summed E-state index contributed by atoms with van der Waals surface area (Å²) in [5, 5.41) is 11.4. The van der Waals surface area contributed by atoms with E-state index in [-0.39, 0.29) is 23.6 Å². The zero-order valence-electron chi connectivity index (χ0n) is 8.84. The summed E-state index contributed by atoms with van der Waals surface area (Å²) in [6.45, 7) is 0.163. The number of nitrogens with one attached hydrogen (secondary N) is 1. The first kappa shape index (κ1) is 11.5. The molecule has 0 spiro atoms. The summed E-state index contributed by atoms with van der Waals surface area (Å²) in [6.07, 6.45) is 0. The number of benzene rings is 1. The Hall–Kier alpha value is -2.00. The second-order valence-corrected chi connectivity index (χ2v) is 4.33. The molecule has 1 fully saturated rings. The van der Waals surface area contributed by atoms with Gasteiger partial charge in [-0.25, -0.2) is 0 Å². The smallest absolute Gasteiger partial charge is 0.290 e. The highest BCUT2D eigenvalue weighted by atomic mass is 32.2. The highest BCUT2D eigenvalue weighted by Crippen LogP contribution is 2.18. The van der Waals surface area contributed by atoms with Crippen LogP contribution in [0.4, 0.5) is 10.5 Å². The van der Waals surface area contributed by atoms with E-state index in [1.165, 1.54) is 4.90 Å². The fraction of sp³-hybridized carbons (Fsp3) is 0.182. The van der Waals surface area contributed by atoms with E-state index in [4.69, 9.17) is 5.26 Å². The predicted octanol–water partition coefficient (Wildman–Crippen LogP) is 1.62. The maximum atomic E-state index is 11.3. The molecule has 0 aliphatic carbocycles. The number of carbonyl (C=O) groups excluding carboxylic acids is 2. The fourth-order valence-electron chi connectivity index (χ4n) is 1.37. The van der Waals surface area contributed by atoms with Crippen molar-refractivity contribution in [3.05, 3.63) is 29.8 Å². The molecule has 1 aromatic rings. The molecule has 0 saturated carbocycles. The normalized spacial score (nSPS) is 14.9. The molecule has 0 aromatic heterocycles. The van der Waals surface area contributed by atoms with Gasteiger partial charge in [0.2, 0.25) is 5.91 Å². The summed E-state index contributed by atoms with van der Waals surface area (Å²) in [6, 6.07) is 8.82. The lowest BCUT2D eigenvalue weighted by atomic mass is 10.2. The van der Waals surface area contributed by atoms with Gasteiger partial charge in [0.1, 0.15) is 0 Å². The molecule has 2 rings (SSSR count). The fourth-order valence-corrected chi connectivity index (χ4v) is 2.09. The van der Waals surface area contributed by atoms with Gasteiger partial charge in [-0.1, -0.05) is 11.8 Å². The first-order valence-electron chi connectivity index (χ1n) is 4.92. The Morgan fingerprint density at radius 2 is 2.06 bits per heavy atom. The lowest BCUT2D eigenvalue weighted by Gasteiger charge is -2.14. The number of nitriles is 1. The van der Waals surface area contributed by atoms with Crippen molar-refractivity contribution in [2.24, 2.45) is 0 Å². The first-order chi connectivity index (χ1) is 8.20. The van der Waals surface area contributed by atoms with Gasteiger partial charge < -0.3 is 5.32 Å². The summed E-state index contributed by atoms with van der Waals surface area (Å²) in [5.41, 5.74) is 1.33. The van der Waals surface area contributed by atoms with E-state index in [1.807, 2.05) is 6.07 Å². The third-order valence-corrected chi connectivity index (χ3v) is 3.15. The molecule has 86 valence electrons. The molecule has 1 N–H and O–H groups in total. The number of imide groups is 1. The monoisotopic (exact) mass is 247 g/mol. The first-order valence-corrected chi connectivity index (χ1v) is 5.90. The predicted molar refractivity (Wildman–Crippen MR) is 64.3 cm³/mol. The van der Waals surface area contributed by atoms with Crippen molar-refractivity contribution < 1.29 is 9.59 Å². The molecule has 0 radical (unpaired) electrons. The zero-order chi connectivity index (χ0) is 12.3. The lowest BCUT2D eigenvalue weighted by Crippen LogP contribution is -2.33. The summed E-state index contributed by atoms with van der Waals surface area (Å²) in [4.78, 5) is 23.8. The molecule has 5 nitrogen and oxygen atoms in total. The van der Waals surface area contributed by atoms with E-state index in [0.717, 1.165) is 17.4 Å². The van der Waals surface area contributed by atoms with Gasteiger partial charge in [-0.15, -0.1) is 0 Å². The van der Waals surface area contributed by atoms with Crippen LogP contribution in [0.25, 0.3) is 0 Å². The SMILES string of the molecule is N#Cc1ccc(NCN2C(=O)CSC2=O)cc1. The van der Waals surface area contributed by atoms with Crippen molar-refractivity contribution in [2.45, 2.75) is 0 Å². The Balaban J connectivity index is 1.95. The minimum absolute atomic E-state index is 0.163. The molecule has 1 aromatic carbocycles. The molecule has 0 atom stereocenters. The molecule has 1 heterocycles. The van der Waals surface area contributed by atoms with Crippen LogP contribution in [-0.4, -0.2) is 28.5 Å². The van der Waals surface area contributed by atoms with Crippen LogP contribution in [0.15, 0.2) is 24.3 Å². The molecule has 1 saturated heterocycles. The highest BCUT2D eigenvalue weighted by Gasteiger charge is 2.29. The highest BCUT2D eigenvalue weighted by molar-refractivity contribution is 8.14. The van der Waals surface area contributed by atoms with Gasteiger partial charge in [0.15, 0.2) is 0 Å². The van der Waals surface area contributed by atoms with Gasteiger partial charge in [-0.3, -0.25) is 14.5 Å². The Labute approximate surface area is 102 Å². The van der Waals surface area contributed by atoms with E-state index >= 15 is 0 Å². The van der Waals surface area contributed by atoms with Crippen molar-refractivity contribution >= 4 is 28.6 Å². The summed E-state index contributed by atoms with van der Waals surface area (Å²) in [5.74, 6) is 0.0367. The molecule has 0 unspecified atom stereocenters. The van der Waals surface area contributed by atoms with Gasteiger partial charge in [0.05, 0.1) is 24.1 Å². The number of nitrogens with zero attached hydrogens (tertiary/aromatic N) is 2. The van der Waals surface area contributed by atoms with E-state index in [1.54, 1.807) is 24.3 Å². The second-order valence-electron chi connectivity index (χ2n) is 3.40. The van der Waals surface area contributed by atoms with Gasteiger partial charge in [0, 0.05) is 5.69 Å². The molecule has 1 aliphatic heterocycles. The van der Waals surface area contributed by atoms with Crippen LogP contribution >= 0.6 is 11.8 Å². The van der Waals surface area contributed by atoms with Crippen LogP contribution in [0.5, 0.6) is 0 Å². The van der Waals surface area contributed by atoms with Crippen molar-refractivity contribution in [1.29, 1.82) is 5.26 Å². The number of hydrogen-bond donors (Lipinski definition) is 1. The largest absolute Gasteiger partial charge is 0.367 e. The standard InChI is InChI=1S/C11H9N3O2S/c12-5-8-1-3-9(4-2-8)13-7-14-10(15)6-17-11(14)16/h1-4,13H,6-7H2. The quantitative estimate of drug-likeness (QED) is 0.878. The number of thioether (sulfide) groups is 1. The zero-order valence-corrected chi connectivity index (χ0v) is 9.66. The lowest BCUT2D eigenvalue weighted by molar-refractivity contribution is -0.124. The van der Waals surface area contributed by atoms with Crippen LogP contribution in [0, 0.1) is 11.3 Å². The van der Waals surface area contributed by atoms with Crippen molar-refractivity contribution in [3.63, 3.8) is 0 Å². The minimum Gasteiger partial charge on any atom is -0.367 e. The van der Waals surface area contributed by atoms with Crippen molar-refractivity contribution in [3.8, 4) is 6.07 Å².